The molecule has 0 saturated carbocycles. The maximum atomic E-state index is 12.6. The molecule has 2 aromatic rings. The average molecular weight is 355 g/mol. The number of hydrogen-bond donors (Lipinski definition) is 2. The molecule has 1 aromatic carbocycles. The second-order valence-electron chi connectivity index (χ2n) is 6.09. The lowest BCUT2D eigenvalue weighted by molar-refractivity contribution is 0.0332. The summed E-state index contributed by atoms with van der Waals surface area (Å²) in [5.41, 5.74) is 1.26. The lowest BCUT2D eigenvalue weighted by Gasteiger charge is -2.31. The molecule has 26 heavy (non-hydrogen) atoms. The normalized spacial score (nSPS) is 16.0. The maximum absolute atomic E-state index is 12.6. The molecular weight excluding hydrogens is 334 g/mol. The molecule has 1 unspecified atom stereocenters. The second-order valence-corrected chi connectivity index (χ2v) is 6.09. The van der Waals surface area contributed by atoms with Crippen LogP contribution in [0.15, 0.2) is 48.7 Å². The molecule has 3 rings (SSSR count). The molecule has 1 aromatic heterocycles. The van der Waals surface area contributed by atoms with Gasteiger partial charge in [0.15, 0.2) is 0 Å². The standard InChI is InChI=1S/C19H21N3O4/c23-18(15-6-7-16(19(24)25)20-12-15)21-17(14-4-2-1-3-5-14)13-22-8-10-26-11-9-22/h1-7,12,17H,8-11,13H2,(H,21,23)(H,24,25). The van der Waals surface area contributed by atoms with Crippen molar-refractivity contribution < 1.29 is 19.4 Å². The van der Waals surface area contributed by atoms with E-state index in [2.05, 4.69) is 15.2 Å². The number of nitrogens with one attached hydrogen (secondary N) is 1. The largest absolute Gasteiger partial charge is 0.477 e. The molecule has 136 valence electrons. The SMILES string of the molecule is O=C(NC(CN1CCOCC1)c1ccccc1)c1ccc(C(=O)O)nc1. The van der Waals surface area contributed by atoms with Crippen molar-refractivity contribution in [2.24, 2.45) is 0 Å². The van der Waals surface area contributed by atoms with Gasteiger partial charge in [0, 0.05) is 25.8 Å². The minimum Gasteiger partial charge on any atom is -0.477 e. The average Bonchev–Trinajstić information content (AvgIpc) is 2.69. The highest BCUT2D eigenvalue weighted by atomic mass is 16.5. The Labute approximate surface area is 151 Å². The lowest BCUT2D eigenvalue weighted by Crippen LogP contribution is -2.43. The van der Waals surface area contributed by atoms with Crippen LogP contribution in [0.1, 0.15) is 32.5 Å². The summed E-state index contributed by atoms with van der Waals surface area (Å²) in [5, 5.41) is 11.9. The van der Waals surface area contributed by atoms with Crippen LogP contribution < -0.4 is 5.32 Å². The molecule has 1 fully saturated rings. The van der Waals surface area contributed by atoms with Crippen LogP contribution in [0.2, 0.25) is 0 Å². The van der Waals surface area contributed by atoms with Crippen molar-refractivity contribution in [1.29, 1.82) is 0 Å². The number of morpholine rings is 1. The van der Waals surface area contributed by atoms with Gasteiger partial charge in [-0.05, 0) is 17.7 Å². The van der Waals surface area contributed by atoms with E-state index < -0.39 is 5.97 Å². The summed E-state index contributed by atoms with van der Waals surface area (Å²) >= 11 is 0. The zero-order valence-electron chi connectivity index (χ0n) is 14.3. The minimum atomic E-state index is -1.12. The number of nitrogens with zero attached hydrogens (tertiary/aromatic N) is 2. The van der Waals surface area contributed by atoms with Gasteiger partial charge in [0.2, 0.25) is 0 Å². The van der Waals surface area contributed by atoms with Gasteiger partial charge < -0.3 is 15.2 Å². The molecule has 2 heterocycles. The summed E-state index contributed by atoms with van der Waals surface area (Å²) in [5.74, 6) is -1.40. The summed E-state index contributed by atoms with van der Waals surface area (Å²) < 4.78 is 5.38. The zero-order valence-corrected chi connectivity index (χ0v) is 14.3. The number of carbonyl (C=O) groups is 2. The van der Waals surface area contributed by atoms with Crippen LogP contribution in [-0.2, 0) is 4.74 Å². The molecule has 7 nitrogen and oxygen atoms in total. The van der Waals surface area contributed by atoms with Crippen LogP contribution in [0.25, 0.3) is 0 Å². The van der Waals surface area contributed by atoms with E-state index in [-0.39, 0.29) is 17.6 Å². The summed E-state index contributed by atoms with van der Waals surface area (Å²) in [6.45, 7) is 3.72. The molecule has 7 heteroatoms. The Kier molecular flexibility index (Phi) is 5.93. The molecule has 0 aliphatic carbocycles. The van der Waals surface area contributed by atoms with Crippen LogP contribution >= 0.6 is 0 Å². The number of aromatic carboxylic acids is 1. The van der Waals surface area contributed by atoms with E-state index in [1.165, 1.54) is 18.3 Å². The van der Waals surface area contributed by atoms with E-state index in [0.29, 0.717) is 25.3 Å². The Balaban J connectivity index is 1.73. The van der Waals surface area contributed by atoms with Gasteiger partial charge in [0.1, 0.15) is 5.69 Å². The van der Waals surface area contributed by atoms with Crippen LogP contribution in [0.4, 0.5) is 0 Å². The maximum Gasteiger partial charge on any atom is 0.354 e. The fourth-order valence-electron chi connectivity index (χ4n) is 2.86. The Bertz CT molecular complexity index is 743. The van der Waals surface area contributed by atoms with Gasteiger partial charge in [0.05, 0.1) is 24.8 Å². The first kappa shape index (κ1) is 18.0. The van der Waals surface area contributed by atoms with Crippen molar-refractivity contribution in [3.63, 3.8) is 0 Å². The monoisotopic (exact) mass is 355 g/mol. The van der Waals surface area contributed by atoms with Crippen LogP contribution in [0.5, 0.6) is 0 Å². The number of benzene rings is 1. The number of rotatable bonds is 6. The predicted molar refractivity (Wildman–Crippen MR) is 95.1 cm³/mol. The fourth-order valence-corrected chi connectivity index (χ4v) is 2.86. The highest BCUT2D eigenvalue weighted by Gasteiger charge is 2.21. The van der Waals surface area contributed by atoms with Crippen LogP contribution in [-0.4, -0.2) is 59.7 Å². The number of amides is 1. The predicted octanol–water partition coefficient (Wildman–Crippen LogP) is 1.58. The molecule has 0 spiro atoms. The summed E-state index contributed by atoms with van der Waals surface area (Å²) in [4.78, 5) is 29.6. The first-order valence-electron chi connectivity index (χ1n) is 8.49. The lowest BCUT2D eigenvalue weighted by atomic mass is 10.1. The number of carboxylic acids is 1. The summed E-state index contributed by atoms with van der Waals surface area (Å²) in [6, 6.07) is 12.4. The third-order valence-corrected chi connectivity index (χ3v) is 4.30. The van der Waals surface area contributed by atoms with Gasteiger partial charge in [0.25, 0.3) is 5.91 Å². The molecule has 1 saturated heterocycles. The number of aromatic nitrogens is 1. The molecule has 2 N–H and O–H groups in total. The molecular formula is C19H21N3O4. The van der Waals surface area contributed by atoms with E-state index >= 15 is 0 Å². The number of carbonyl (C=O) groups excluding carboxylic acids is 1. The quantitative estimate of drug-likeness (QED) is 0.817. The van der Waals surface area contributed by atoms with Gasteiger partial charge in [-0.15, -0.1) is 0 Å². The van der Waals surface area contributed by atoms with E-state index in [4.69, 9.17) is 9.84 Å². The van der Waals surface area contributed by atoms with E-state index in [0.717, 1.165) is 18.7 Å². The van der Waals surface area contributed by atoms with Crippen molar-refractivity contribution in [3.05, 3.63) is 65.5 Å². The Hall–Kier alpha value is -2.77. The van der Waals surface area contributed by atoms with Gasteiger partial charge >= 0.3 is 5.97 Å². The number of carboxylic acid groups (broad SMARTS) is 1. The van der Waals surface area contributed by atoms with Crippen molar-refractivity contribution in [1.82, 2.24) is 15.2 Å². The molecule has 1 aliphatic rings. The van der Waals surface area contributed by atoms with Crippen LogP contribution in [0, 0.1) is 0 Å². The van der Waals surface area contributed by atoms with E-state index in [1.807, 2.05) is 30.3 Å². The molecule has 0 bridgehead atoms. The molecule has 1 aliphatic heterocycles. The summed E-state index contributed by atoms with van der Waals surface area (Å²) in [6.07, 6.45) is 1.29. The van der Waals surface area contributed by atoms with Gasteiger partial charge in [-0.25, -0.2) is 9.78 Å². The number of pyridine rings is 1. The Morgan fingerprint density at radius 3 is 2.50 bits per heavy atom. The van der Waals surface area contributed by atoms with Crippen molar-refractivity contribution in [3.8, 4) is 0 Å². The summed E-state index contributed by atoms with van der Waals surface area (Å²) in [7, 11) is 0. The zero-order chi connectivity index (χ0) is 18.4. The fraction of sp³-hybridized carbons (Fsp3) is 0.316. The van der Waals surface area contributed by atoms with Gasteiger partial charge in [-0.2, -0.15) is 0 Å². The minimum absolute atomic E-state index is 0.0884. The highest BCUT2D eigenvalue weighted by Crippen LogP contribution is 2.16. The molecule has 1 amide bonds. The van der Waals surface area contributed by atoms with Gasteiger partial charge in [-0.1, -0.05) is 30.3 Å². The Morgan fingerprint density at radius 1 is 1.15 bits per heavy atom. The second kappa shape index (κ2) is 8.55. The molecule has 1 atom stereocenters. The van der Waals surface area contributed by atoms with Crippen LogP contribution in [0.3, 0.4) is 0 Å². The van der Waals surface area contributed by atoms with Crippen molar-refractivity contribution in [2.75, 3.05) is 32.8 Å². The topological polar surface area (TPSA) is 91.8 Å². The molecule has 0 radical (unpaired) electrons. The first-order valence-corrected chi connectivity index (χ1v) is 8.49. The number of ether oxygens (including phenoxy) is 1. The third kappa shape index (κ3) is 4.65. The van der Waals surface area contributed by atoms with E-state index in [1.54, 1.807) is 0 Å². The van der Waals surface area contributed by atoms with Crippen molar-refractivity contribution in [2.45, 2.75) is 6.04 Å². The highest BCUT2D eigenvalue weighted by molar-refractivity contribution is 5.95. The number of hydrogen-bond acceptors (Lipinski definition) is 5. The smallest absolute Gasteiger partial charge is 0.354 e. The van der Waals surface area contributed by atoms with Crippen molar-refractivity contribution >= 4 is 11.9 Å². The Morgan fingerprint density at radius 2 is 1.88 bits per heavy atom. The van der Waals surface area contributed by atoms with Gasteiger partial charge in [-0.3, -0.25) is 9.69 Å². The van der Waals surface area contributed by atoms with E-state index in [9.17, 15) is 9.59 Å². The first-order chi connectivity index (χ1) is 12.6. The third-order valence-electron chi connectivity index (χ3n) is 4.30.